The standard InChI is InChI=1S/C10H7BrN2O3/c1-5-6(3-2-4-7(5)11)8-12-13-9(16-8)10(14)15/h2-4H,1H3,(H,14,15). The van der Waals surface area contributed by atoms with Crippen molar-refractivity contribution in [1.82, 2.24) is 10.2 Å². The van der Waals surface area contributed by atoms with Gasteiger partial charge in [-0.2, -0.15) is 0 Å². The fourth-order valence-corrected chi connectivity index (χ4v) is 1.62. The zero-order chi connectivity index (χ0) is 11.7. The van der Waals surface area contributed by atoms with Gasteiger partial charge in [0.25, 0.3) is 0 Å². The van der Waals surface area contributed by atoms with Gasteiger partial charge in [-0.15, -0.1) is 10.2 Å². The summed E-state index contributed by atoms with van der Waals surface area (Å²) in [7, 11) is 0. The number of nitrogens with zero attached hydrogens (tertiary/aromatic N) is 2. The van der Waals surface area contributed by atoms with E-state index in [1.54, 1.807) is 6.07 Å². The van der Waals surface area contributed by atoms with Crippen LogP contribution in [0.5, 0.6) is 0 Å². The number of halogens is 1. The molecule has 0 aliphatic rings. The number of hydrogen-bond donors (Lipinski definition) is 1. The Bertz CT molecular complexity index is 551. The summed E-state index contributed by atoms with van der Waals surface area (Å²) >= 11 is 3.37. The van der Waals surface area contributed by atoms with Gasteiger partial charge in [0.05, 0.1) is 0 Å². The fraction of sp³-hybridized carbons (Fsp3) is 0.100. The number of carboxylic acid groups (broad SMARTS) is 1. The number of hydrogen-bond acceptors (Lipinski definition) is 4. The van der Waals surface area contributed by atoms with Crippen LogP contribution in [0.15, 0.2) is 27.1 Å². The first-order valence-electron chi connectivity index (χ1n) is 4.42. The molecule has 1 aromatic heterocycles. The lowest BCUT2D eigenvalue weighted by molar-refractivity contribution is 0.0654. The SMILES string of the molecule is Cc1c(Br)cccc1-c1nnc(C(=O)O)o1. The van der Waals surface area contributed by atoms with Crippen molar-refractivity contribution in [3.63, 3.8) is 0 Å². The first-order valence-corrected chi connectivity index (χ1v) is 5.21. The Morgan fingerprint density at radius 2 is 2.19 bits per heavy atom. The van der Waals surface area contributed by atoms with Crippen LogP contribution < -0.4 is 0 Å². The number of carbonyl (C=O) groups is 1. The van der Waals surface area contributed by atoms with E-state index < -0.39 is 11.9 Å². The molecule has 1 aromatic carbocycles. The summed E-state index contributed by atoms with van der Waals surface area (Å²) in [6.45, 7) is 1.88. The third-order valence-electron chi connectivity index (χ3n) is 2.11. The van der Waals surface area contributed by atoms with Gasteiger partial charge in [0.1, 0.15) is 0 Å². The molecule has 0 bridgehead atoms. The van der Waals surface area contributed by atoms with Gasteiger partial charge in [0, 0.05) is 10.0 Å². The average Bonchev–Trinajstić information content (AvgIpc) is 2.71. The van der Waals surface area contributed by atoms with E-state index in [1.165, 1.54) is 0 Å². The van der Waals surface area contributed by atoms with Crippen molar-refractivity contribution in [1.29, 1.82) is 0 Å². The van der Waals surface area contributed by atoms with E-state index in [9.17, 15) is 4.79 Å². The number of benzene rings is 1. The lowest BCUT2D eigenvalue weighted by atomic mass is 10.1. The van der Waals surface area contributed by atoms with Gasteiger partial charge in [0.2, 0.25) is 5.89 Å². The summed E-state index contributed by atoms with van der Waals surface area (Å²) < 4.78 is 5.93. The van der Waals surface area contributed by atoms with Gasteiger partial charge in [-0.05, 0) is 24.6 Å². The van der Waals surface area contributed by atoms with Gasteiger partial charge in [-0.1, -0.05) is 22.0 Å². The second kappa shape index (κ2) is 4.05. The minimum absolute atomic E-state index is 0.205. The van der Waals surface area contributed by atoms with Crippen LogP contribution in [0.4, 0.5) is 0 Å². The summed E-state index contributed by atoms with van der Waals surface area (Å²) in [6.07, 6.45) is 0. The van der Waals surface area contributed by atoms with Crippen molar-refractivity contribution in [2.75, 3.05) is 0 Å². The molecule has 0 fully saturated rings. The first kappa shape index (κ1) is 10.8. The average molecular weight is 283 g/mol. The normalized spacial score (nSPS) is 10.4. The van der Waals surface area contributed by atoms with Crippen molar-refractivity contribution in [2.45, 2.75) is 6.92 Å². The molecule has 0 aliphatic carbocycles. The van der Waals surface area contributed by atoms with E-state index in [-0.39, 0.29) is 5.89 Å². The third-order valence-corrected chi connectivity index (χ3v) is 2.97. The summed E-state index contributed by atoms with van der Waals surface area (Å²) in [6, 6.07) is 5.49. The zero-order valence-corrected chi connectivity index (χ0v) is 9.85. The van der Waals surface area contributed by atoms with E-state index in [1.807, 2.05) is 19.1 Å². The van der Waals surface area contributed by atoms with Crippen LogP contribution in [0.1, 0.15) is 16.2 Å². The molecule has 2 aromatic rings. The van der Waals surface area contributed by atoms with Gasteiger partial charge in [0.15, 0.2) is 0 Å². The zero-order valence-electron chi connectivity index (χ0n) is 8.27. The summed E-state index contributed by atoms with van der Waals surface area (Å²) in [5.74, 6) is -1.43. The summed E-state index contributed by atoms with van der Waals surface area (Å²) in [5.41, 5.74) is 1.64. The van der Waals surface area contributed by atoms with Crippen LogP contribution >= 0.6 is 15.9 Å². The highest BCUT2D eigenvalue weighted by Crippen LogP contribution is 2.27. The Kier molecular flexibility index (Phi) is 2.74. The highest BCUT2D eigenvalue weighted by Gasteiger charge is 2.16. The predicted molar refractivity (Wildman–Crippen MR) is 59.1 cm³/mol. The Hall–Kier alpha value is -1.69. The molecule has 16 heavy (non-hydrogen) atoms. The fourth-order valence-electron chi connectivity index (χ4n) is 1.26. The smallest absolute Gasteiger partial charge is 0.393 e. The molecule has 1 N–H and O–H groups in total. The molecule has 0 spiro atoms. The third kappa shape index (κ3) is 1.83. The monoisotopic (exact) mass is 282 g/mol. The van der Waals surface area contributed by atoms with Crippen molar-refractivity contribution >= 4 is 21.9 Å². The first-order chi connectivity index (χ1) is 7.59. The van der Waals surface area contributed by atoms with Crippen LogP contribution in [0.2, 0.25) is 0 Å². The molecule has 6 heteroatoms. The van der Waals surface area contributed by atoms with Gasteiger partial charge >= 0.3 is 11.9 Å². The van der Waals surface area contributed by atoms with E-state index in [0.717, 1.165) is 15.6 Å². The van der Waals surface area contributed by atoms with Crippen molar-refractivity contribution < 1.29 is 14.3 Å². The predicted octanol–water partition coefficient (Wildman–Crippen LogP) is 2.51. The van der Waals surface area contributed by atoms with Crippen LogP contribution in [0.25, 0.3) is 11.5 Å². The quantitative estimate of drug-likeness (QED) is 0.916. The molecule has 82 valence electrons. The Morgan fingerprint density at radius 3 is 2.81 bits per heavy atom. The maximum atomic E-state index is 10.6. The molecule has 0 atom stereocenters. The minimum atomic E-state index is -1.23. The van der Waals surface area contributed by atoms with E-state index in [2.05, 4.69) is 26.1 Å². The van der Waals surface area contributed by atoms with Crippen LogP contribution in [-0.2, 0) is 0 Å². The highest BCUT2D eigenvalue weighted by atomic mass is 79.9. The molecule has 0 saturated heterocycles. The van der Waals surface area contributed by atoms with Gasteiger partial charge < -0.3 is 9.52 Å². The molecule has 2 rings (SSSR count). The number of aromatic carboxylic acids is 1. The molecule has 0 unspecified atom stereocenters. The molecule has 0 amide bonds. The van der Waals surface area contributed by atoms with Crippen molar-refractivity contribution in [3.8, 4) is 11.5 Å². The molecular formula is C10H7BrN2O3. The molecule has 0 aliphatic heterocycles. The largest absolute Gasteiger partial charge is 0.474 e. The van der Waals surface area contributed by atoms with E-state index >= 15 is 0 Å². The number of aromatic nitrogens is 2. The maximum absolute atomic E-state index is 10.6. The minimum Gasteiger partial charge on any atom is -0.474 e. The molecule has 0 saturated carbocycles. The maximum Gasteiger partial charge on any atom is 0.393 e. The number of carboxylic acids is 1. The van der Waals surface area contributed by atoms with Gasteiger partial charge in [-0.25, -0.2) is 4.79 Å². The van der Waals surface area contributed by atoms with Gasteiger partial charge in [-0.3, -0.25) is 0 Å². The lowest BCUT2D eigenvalue weighted by Gasteiger charge is -2.01. The van der Waals surface area contributed by atoms with Crippen LogP contribution in [0, 0.1) is 6.92 Å². The molecule has 1 heterocycles. The van der Waals surface area contributed by atoms with Crippen molar-refractivity contribution in [3.05, 3.63) is 34.1 Å². The highest BCUT2D eigenvalue weighted by molar-refractivity contribution is 9.10. The Labute approximate surface area is 99.2 Å². The second-order valence-corrected chi connectivity index (χ2v) is 3.98. The molecular weight excluding hydrogens is 276 g/mol. The van der Waals surface area contributed by atoms with E-state index in [0.29, 0.717) is 0 Å². The summed E-state index contributed by atoms with van der Waals surface area (Å²) in [4.78, 5) is 10.6. The van der Waals surface area contributed by atoms with Crippen LogP contribution in [0.3, 0.4) is 0 Å². The Balaban J connectivity index is 2.50. The second-order valence-electron chi connectivity index (χ2n) is 3.13. The molecule has 5 nitrogen and oxygen atoms in total. The molecule has 0 radical (unpaired) electrons. The topological polar surface area (TPSA) is 76.2 Å². The summed E-state index contributed by atoms with van der Waals surface area (Å²) in [5, 5.41) is 15.8. The lowest BCUT2D eigenvalue weighted by Crippen LogP contribution is -1.95. The van der Waals surface area contributed by atoms with Crippen molar-refractivity contribution in [2.24, 2.45) is 0 Å². The number of rotatable bonds is 2. The Morgan fingerprint density at radius 1 is 1.44 bits per heavy atom. The van der Waals surface area contributed by atoms with E-state index in [4.69, 9.17) is 9.52 Å². The van der Waals surface area contributed by atoms with Crippen LogP contribution in [-0.4, -0.2) is 21.3 Å².